The Bertz CT molecular complexity index is 4680. The van der Waals surface area contributed by atoms with Gasteiger partial charge in [-0.3, -0.25) is 9.97 Å². The first kappa shape index (κ1) is 51.6. The monoisotopic (exact) mass is 1130 g/mol. The van der Waals surface area contributed by atoms with Crippen LogP contribution in [0.3, 0.4) is 0 Å². The molecule has 0 unspecified atom stereocenters. The molecule has 414 valence electrons. The highest BCUT2D eigenvalue weighted by Crippen LogP contribution is 2.56. The molecule has 0 radical (unpaired) electrons. The van der Waals surface area contributed by atoms with Crippen molar-refractivity contribution in [2.75, 3.05) is 0 Å². The molecule has 3 aliphatic heterocycles. The standard InChI is InChI=1S/C41H41N2OSi.C35H31N2OSi/c1-28-15-17-31-39-35(13-11-22-42-39)44-40(31)38(28)34-26-30(19-23-43(34)2)29-16-18-33-37(27-29)45(24-9-4-10-25-45)36-14-6-5-12-32(36)41(33)20-7-3-8-21-41;1-22-11-13-25-33-29(9-7-18-36-33)38-34(25)32(22)28-21-24(15-19-37(28)2)23-12-14-31-27(20-23)35(16-17-35)26-8-5-6-10-30(26)39(31,3)4/h5-6,11-19,22-23,26-27H,3-4,7-10,20-21,24-25H2,1-2H3;5-15,18-21H,16-17H2,1-4H3/q2*+1. The number of nitrogens with zero attached hydrogens (tertiary/aromatic N) is 4. The summed E-state index contributed by atoms with van der Waals surface area (Å²) in [6.45, 7) is 9.40. The third-order valence-electron chi connectivity index (χ3n) is 21.2. The maximum atomic E-state index is 6.50. The van der Waals surface area contributed by atoms with Gasteiger partial charge in [0.1, 0.15) is 41.3 Å². The fourth-order valence-electron chi connectivity index (χ4n) is 16.7. The van der Waals surface area contributed by atoms with Gasteiger partial charge in [-0.15, -0.1) is 0 Å². The third-order valence-corrected chi connectivity index (χ3v) is 30.1. The Kier molecular flexibility index (Phi) is 11.8. The average Bonchev–Trinajstić information content (AvgIpc) is 1.20. The molecule has 0 bridgehead atoms. The van der Waals surface area contributed by atoms with Gasteiger partial charge in [0.15, 0.2) is 34.7 Å². The largest absolute Gasteiger partial charge is 0.453 e. The fraction of sp³-hybridized carbons (Fsp3) is 0.263. The van der Waals surface area contributed by atoms with Crippen molar-refractivity contribution in [1.29, 1.82) is 0 Å². The summed E-state index contributed by atoms with van der Waals surface area (Å²) >= 11 is 0. The van der Waals surface area contributed by atoms with Crippen LogP contribution in [-0.4, -0.2) is 26.1 Å². The predicted molar refractivity (Wildman–Crippen MR) is 349 cm³/mol. The molecule has 6 aromatic carbocycles. The number of fused-ring (bicyclic) bond motifs is 16. The molecule has 2 saturated carbocycles. The lowest BCUT2D eigenvalue weighted by molar-refractivity contribution is -0.660. The number of pyridine rings is 4. The molecule has 5 aliphatic rings. The zero-order valence-electron chi connectivity index (χ0n) is 49.4. The van der Waals surface area contributed by atoms with Crippen LogP contribution in [0.2, 0.25) is 25.2 Å². The second kappa shape index (κ2) is 19.2. The van der Waals surface area contributed by atoms with Crippen LogP contribution < -0.4 is 29.9 Å². The summed E-state index contributed by atoms with van der Waals surface area (Å²) in [4.78, 5) is 9.27. The van der Waals surface area contributed by atoms with Crippen molar-refractivity contribution < 1.29 is 18.0 Å². The molecule has 17 rings (SSSR count). The topological polar surface area (TPSA) is 59.8 Å². The molecule has 0 N–H and O–H groups in total. The zero-order valence-corrected chi connectivity index (χ0v) is 51.4. The summed E-state index contributed by atoms with van der Waals surface area (Å²) in [5.41, 5.74) is 24.5. The molecule has 2 aliphatic carbocycles. The van der Waals surface area contributed by atoms with E-state index in [1.54, 1.807) is 43.0 Å². The van der Waals surface area contributed by atoms with Crippen LogP contribution in [0.15, 0.2) is 191 Å². The summed E-state index contributed by atoms with van der Waals surface area (Å²) in [6, 6.07) is 62.8. The minimum Gasteiger partial charge on any atom is -0.453 e. The van der Waals surface area contributed by atoms with Gasteiger partial charge >= 0.3 is 0 Å². The first-order chi connectivity index (χ1) is 41.0. The predicted octanol–water partition coefficient (Wildman–Crippen LogP) is 15.4. The molecular weight excluding hydrogens is 1060 g/mol. The summed E-state index contributed by atoms with van der Waals surface area (Å²) in [5.74, 6) is 0. The minimum absolute atomic E-state index is 0.189. The number of benzene rings is 6. The lowest BCUT2D eigenvalue weighted by Crippen LogP contribution is -2.67. The Morgan fingerprint density at radius 3 is 1.51 bits per heavy atom. The van der Waals surface area contributed by atoms with E-state index >= 15 is 0 Å². The van der Waals surface area contributed by atoms with E-state index in [4.69, 9.17) is 8.83 Å². The van der Waals surface area contributed by atoms with Gasteiger partial charge in [0, 0.05) is 58.3 Å². The van der Waals surface area contributed by atoms with Crippen molar-refractivity contribution >= 4 is 81.0 Å². The van der Waals surface area contributed by atoms with Crippen molar-refractivity contribution in [3.63, 3.8) is 0 Å². The van der Waals surface area contributed by atoms with Crippen LogP contribution >= 0.6 is 0 Å². The molecule has 9 heterocycles. The molecule has 0 atom stereocenters. The Morgan fingerprint density at radius 2 is 0.917 bits per heavy atom. The Morgan fingerprint density at radius 1 is 0.429 bits per heavy atom. The maximum Gasteiger partial charge on any atom is 0.216 e. The molecule has 84 heavy (non-hydrogen) atoms. The van der Waals surface area contributed by atoms with Gasteiger partial charge in [0.2, 0.25) is 11.4 Å². The quantitative estimate of drug-likeness (QED) is 0.130. The number of hydrogen-bond acceptors (Lipinski definition) is 4. The second-order valence-corrected chi connectivity index (χ2v) is 34.7. The lowest BCUT2D eigenvalue weighted by Gasteiger charge is -2.51. The van der Waals surface area contributed by atoms with Gasteiger partial charge in [-0.2, -0.15) is 0 Å². The van der Waals surface area contributed by atoms with Crippen molar-refractivity contribution in [1.82, 2.24) is 9.97 Å². The van der Waals surface area contributed by atoms with Crippen molar-refractivity contribution in [3.8, 4) is 44.8 Å². The SMILES string of the molecule is Cc1ccc2c(oc3cccnc32)c1-c1cc(-c2ccc3c(c2)C2(CC2)c2ccccc2[Si]3(C)C)cc[n+]1C.Cc1ccc2c(oc3cccnc32)c1-c1cc(-c2ccc3c(c2)[Si]2(CCCCC2)c2ccccc2C32CCCCC2)cc[n+]1C. The van der Waals surface area contributed by atoms with Crippen molar-refractivity contribution in [3.05, 3.63) is 216 Å². The van der Waals surface area contributed by atoms with E-state index in [1.165, 1.54) is 115 Å². The van der Waals surface area contributed by atoms with Crippen LogP contribution in [0.1, 0.15) is 97.6 Å². The van der Waals surface area contributed by atoms with Gasteiger partial charge < -0.3 is 8.83 Å². The van der Waals surface area contributed by atoms with E-state index in [2.05, 4.69) is 206 Å². The van der Waals surface area contributed by atoms with Crippen molar-refractivity contribution in [2.24, 2.45) is 14.1 Å². The zero-order chi connectivity index (χ0) is 56.7. The Labute approximate surface area is 494 Å². The first-order valence-electron chi connectivity index (χ1n) is 31.0. The maximum absolute atomic E-state index is 6.50. The highest BCUT2D eigenvalue weighted by Gasteiger charge is 2.55. The van der Waals surface area contributed by atoms with Crippen molar-refractivity contribution in [2.45, 2.75) is 114 Å². The Balaban J connectivity index is 0.000000139. The summed E-state index contributed by atoms with van der Waals surface area (Å²) in [6.07, 6.45) is 21.4. The van der Waals surface area contributed by atoms with Gasteiger partial charge in [-0.25, -0.2) is 9.13 Å². The molecule has 6 aromatic heterocycles. The number of aryl methyl sites for hydroxylation is 4. The Hall–Kier alpha value is -8.05. The molecule has 3 spiro atoms. The summed E-state index contributed by atoms with van der Waals surface area (Å²) in [7, 11) is 0.653. The van der Waals surface area contributed by atoms with Crippen LogP contribution in [0.25, 0.3) is 88.9 Å². The van der Waals surface area contributed by atoms with Crippen LogP contribution in [0.5, 0.6) is 0 Å². The normalized spacial score (nSPS) is 17.5. The number of rotatable bonds is 4. The second-order valence-electron chi connectivity index (χ2n) is 26.1. The van der Waals surface area contributed by atoms with Gasteiger partial charge in [-0.05, 0) is 149 Å². The molecule has 6 nitrogen and oxygen atoms in total. The molecule has 1 saturated heterocycles. The summed E-state index contributed by atoms with van der Waals surface area (Å²) < 4.78 is 17.4. The third kappa shape index (κ3) is 7.64. The van der Waals surface area contributed by atoms with E-state index in [-0.39, 0.29) is 10.8 Å². The van der Waals surface area contributed by atoms with Gasteiger partial charge in [0.25, 0.3) is 0 Å². The molecule has 8 heteroatoms. The number of furan rings is 2. The highest BCUT2D eigenvalue weighted by atomic mass is 28.3. The van der Waals surface area contributed by atoms with E-state index in [9.17, 15) is 0 Å². The average molecular weight is 1130 g/mol. The fourth-order valence-corrected chi connectivity index (χ4v) is 25.9. The van der Waals surface area contributed by atoms with E-state index in [1.807, 2.05) is 36.7 Å². The van der Waals surface area contributed by atoms with E-state index < -0.39 is 16.1 Å². The van der Waals surface area contributed by atoms with Crippen LogP contribution in [-0.2, 0) is 24.9 Å². The lowest BCUT2D eigenvalue weighted by atomic mass is 9.65. The smallest absolute Gasteiger partial charge is 0.216 e. The molecule has 0 amide bonds. The molecular formula is C76H72N4O2Si2+2. The highest BCUT2D eigenvalue weighted by molar-refractivity contribution is 7.03. The van der Waals surface area contributed by atoms with Gasteiger partial charge in [0.05, 0.1) is 11.1 Å². The van der Waals surface area contributed by atoms with Crippen LogP contribution in [0.4, 0.5) is 0 Å². The minimum atomic E-state index is -1.87. The molecule has 3 fully saturated rings. The van der Waals surface area contributed by atoms with Gasteiger partial charge in [-0.1, -0.05) is 164 Å². The van der Waals surface area contributed by atoms with Crippen LogP contribution in [0, 0.1) is 13.8 Å². The van der Waals surface area contributed by atoms with E-state index in [0.29, 0.717) is 0 Å². The summed E-state index contributed by atoms with van der Waals surface area (Å²) in [5, 5.41) is 8.91. The number of aromatic nitrogens is 4. The van der Waals surface area contributed by atoms with E-state index in [0.717, 1.165) is 61.0 Å². The first-order valence-corrected chi connectivity index (χ1v) is 36.4. The number of hydrogen-bond donors (Lipinski definition) is 0. The molecule has 12 aromatic rings.